The van der Waals surface area contributed by atoms with Gasteiger partial charge in [0, 0.05) is 38.9 Å². The number of hydrogen-bond donors (Lipinski definition) is 1. The zero-order chi connectivity index (χ0) is 23.9. The minimum atomic E-state index is -0.960. The molecule has 0 radical (unpaired) electrons. The molecule has 9 nitrogen and oxygen atoms in total. The van der Waals surface area contributed by atoms with Crippen LogP contribution in [0.3, 0.4) is 0 Å². The van der Waals surface area contributed by atoms with Crippen LogP contribution in [0, 0.1) is 17.2 Å². The summed E-state index contributed by atoms with van der Waals surface area (Å²) in [6.07, 6.45) is 2.33. The van der Waals surface area contributed by atoms with E-state index in [1.54, 1.807) is 26.4 Å². The molecule has 0 saturated carbocycles. The predicted molar refractivity (Wildman–Crippen MR) is 121 cm³/mol. The van der Waals surface area contributed by atoms with E-state index in [9.17, 15) is 19.6 Å². The van der Waals surface area contributed by atoms with E-state index >= 15 is 0 Å². The van der Waals surface area contributed by atoms with E-state index < -0.39 is 17.5 Å². The monoisotopic (exact) mass is 448 g/mol. The number of carbonyl (C=O) groups is 3. The van der Waals surface area contributed by atoms with Crippen molar-refractivity contribution in [2.75, 3.05) is 18.9 Å². The molecule has 172 valence electrons. The van der Waals surface area contributed by atoms with Gasteiger partial charge in [-0.2, -0.15) is 10.4 Å². The van der Waals surface area contributed by atoms with Crippen molar-refractivity contribution in [3.8, 4) is 6.07 Å². The highest BCUT2D eigenvalue weighted by molar-refractivity contribution is 6.07. The molecule has 0 unspecified atom stereocenters. The number of fused-ring (bicyclic) bond motifs is 2. The summed E-state index contributed by atoms with van der Waals surface area (Å²) < 4.78 is 1.53. The number of para-hydroxylation sites is 1. The number of rotatable bonds is 5. The van der Waals surface area contributed by atoms with Crippen molar-refractivity contribution < 1.29 is 14.4 Å². The Morgan fingerprint density at radius 2 is 2.06 bits per heavy atom. The number of nitrogens with zero attached hydrogens (tertiary/aromatic N) is 5. The van der Waals surface area contributed by atoms with E-state index in [0.29, 0.717) is 6.42 Å². The van der Waals surface area contributed by atoms with Crippen LogP contribution in [0.4, 0.5) is 5.69 Å². The summed E-state index contributed by atoms with van der Waals surface area (Å²) >= 11 is 0. The van der Waals surface area contributed by atoms with Crippen molar-refractivity contribution >= 4 is 23.4 Å². The number of aryl methyl sites for hydroxylation is 1. The van der Waals surface area contributed by atoms with Crippen LogP contribution in [0.5, 0.6) is 0 Å². The molecule has 1 saturated heterocycles. The minimum absolute atomic E-state index is 0.104. The first-order valence-electron chi connectivity index (χ1n) is 11.1. The molecule has 0 bridgehead atoms. The smallest absolute Gasteiger partial charge is 0.274 e. The predicted octanol–water partition coefficient (Wildman–Crippen LogP) is 1.92. The summed E-state index contributed by atoms with van der Waals surface area (Å²) in [6.45, 7) is 4.06. The summed E-state index contributed by atoms with van der Waals surface area (Å²) in [6, 6.07) is 9.69. The molecule has 9 heteroatoms. The third kappa shape index (κ3) is 3.75. The Balaban J connectivity index is 1.65. The zero-order valence-corrected chi connectivity index (χ0v) is 19.3. The lowest BCUT2D eigenvalue weighted by molar-refractivity contribution is -0.136. The van der Waals surface area contributed by atoms with E-state index in [1.165, 1.54) is 14.5 Å². The molecule has 3 atom stereocenters. The fraction of sp³-hybridized carbons (Fsp3) is 0.458. The van der Waals surface area contributed by atoms with Gasteiger partial charge in [-0.15, -0.1) is 0 Å². The summed E-state index contributed by atoms with van der Waals surface area (Å²) in [7, 11) is 3.31. The van der Waals surface area contributed by atoms with E-state index in [0.717, 1.165) is 11.3 Å². The van der Waals surface area contributed by atoms with Gasteiger partial charge < -0.3 is 15.1 Å². The first kappa shape index (κ1) is 22.5. The highest BCUT2D eigenvalue weighted by Crippen LogP contribution is 2.46. The zero-order valence-electron chi connectivity index (χ0n) is 19.3. The lowest BCUT2D eigenvalue weighted by Gasteiger charge is -2.33. The molecule has 1 aromatic carbocycles. The molecule has 0 aliphatic carbocycles. The van der Waals surface area contributed by atoms with E-state index in [1.807, 2.05) is 38.1 Å². The Kier molecular flexibility index (Phi) is 5.70. The third-order valence-electron chi connectivity index (χ3n) is 6.62. The molecule has 1 N–H and O–H groups in total. The molecule has 2 aliphatic heterocycles. The fourth-order valence-corrected chi connectivity index (χ4v) is 4.90. The van der Waals surface area contributed by atoms with E-state index in [4.69, 9.17) is 0 Å². The topological polar surface area (TPSA) is 111 Å². The maximum Gasteiger partial charge on any atom is 0.274 e. The number of carbonyl (C=O) groups excluding carboxylic acids is 3. The highest BCUT2D eigenvalue weighted by Gasteiger charge is 2.56. The quantitative estimate of drug-likeness (QED) is 0.751. The Labute approximate surface area is 193 Å². The first-order valence-corrected chi connectivity index (χ1v) is 11.1. The normalized spacial score (nSPS) is 22.2. The second-order valence-electron chi connectivity index (χ2n) is 9.33. The molecule has 1 fully saturated rings. The van der Waals surface area contributed by atoms with Crippen molar-refractivity contribution in [3.63, 3.8) is 0 Å². The first-order chi connectivity index (χ1) is 15.7. The second kappa shape index (κ2) is 8.35. The number of anilines is 1. The van der Waals surface area contributed by atoms with E-state index in [-0.39, 0.29) is 42.3 Å². The molecule has 33 heavy (non-hydrogen) atoms. The second-order valence-corrected chi connectivity index (χ2v) is 9.33. The van der Waals surface area contributed by atoms with Gasteiger partial charge in [0.05, 0.1) is 11.5 Å². The number of nitriles is 1. The molecule has 4 rings (SSSR count). The van der Waals surface area contributed by atoms with Gasteiger partial charge in [0.2, 0.25) is 11.8 Å². The van der Waals surface area contributed by atoms with Crippen molar-refractivity contribution in [1.82, 2.24) is 19.6 Å². The maximum absolute atomic E-state index is 13.8. The molecule has 1 aromatic heterocycles. The molecular formula is C24H28N6O3. The number of nitrogens with one attached hydrogen (secondary N) is 1. The van der Waals surface area contributed by atoms with Crippen LogP contribution >= 0.6 is 0 Å². The number of benzene rings is 1. The Morgan fingerprint density at radius 3 is 2.70 bits per heavy atom. The Morgan fingerprint density at radius 1 is 1.33 bits per heavy atom. The van der Waals surface area contributed by atoms with Gasteiger partial charge in [-0.3, -0.25) is 19.1 Å². The molecule has 1 spiro atoms. The summed E-state index contributed by atoms with van der Waals surface area (Å²) in [5, 5.41) is 17.0. The van der Waals surface area contributed by atoms with Crippen molar-refractivity contribution in [3.05, 3.63) is 47.8 Å². The number of amides is 3. The molecule has 3 heterocycles. The van der Waals surface area contributed by atoms with Crippen LogP contribution in [-0.2, 0) is 22.1 Å². The fourth-order valence-electron chi connectivity index (χ4n) is 4.90. The van der Waals surface area contributed by atoms with Gasteiger partial charge in [0.25, 0.3) is 5.91 Å². The van der Waals surface area contributed by atoms with Crippen LogP contribution in [0.15, 0.2) is 36.5 Å². The van der Waals surface area contributed by atoms with Gasteiger partial charge in [0.15, 0.2) is 0 Å². The minimum Gasteiger partial charge on any atom is -0.328 e. The molecular weight excluding hydrogens is 420 g/mol. The number of likely N-dealkylation sites (N-methyl/N-ethyl adjacent to an activating group) is 1. The third-order valence-corrected chi connectivity index (χ3v) is 6.62. The maximum atomic E-state index is 13.8. The van der Waals surface area contributed by atoms with Gasteiger partial charge in [-0.25, -0.2) is 0 Å². The average molecular weight is 449 g/mol. The lowest BCUT2D eigenvalue weighted by atomic mass is 9.80. The van der Waals surface area contributed by atoms with Crippen molar-refractivity contribution in [2.24, 2.45) is 13.0 Å². The van der Waals surface area contributed by atoms with Gasteiger partial charge in [0.1, 0.15) is 17.8 Å². The Hall–Kier alpha value is -3.67. The molecule has 2 aliphatic rings. The standard InChI is InChI=1S/C24H28N6O3/c1-15(2)11-20(29(4)21(31)19-9-10-28(3)27-19)22(32)30-14-24(12-16(30)13-25)17-7-5-6-8-18(17)26-23(24)33/h5-10,15-16,20H,11-12,14H2,1-4H3,(H,26,33)/t16-,20-,24-/m0/s1. The number of hydrogen-bond acceptors (Lipinski definition) is 5. The number of likely N-dealkylation sites (tertiary alicyclic amines) is 1. The largest absolute Gasteiger partial charge is 0.328 e. The number of aromatic nitrogens is 2. The van der Waals surface area contributed by atoms with Gasteiger partial charge in [-0.1, -0.05) is 32.0 Å². The summed E-state index contributed by atoms with van der Waals surface area (Å²) in [5.74, 6) is -0.750. The van der Waals surface area contributed by atoms with Crippen LogP contribution in [-0.4, -0.2) is 63.0 Å². The van der Waals surface area contributed by atoms with Gasteiger partial charge in [-0.05, 0) is 30.0 Å². The SMILES string of the molecule is CC(C)C[C@@H](C(=O)N1C[C@]2(C[C@H]1C#N)C(=O)Nc1ccccc12)N(C)C(=O)c1ccn(C)n1. The lowest BCUT2D eigenvalue weighted by Crippen LogP contribution is -2.52. The molecule has 3 amide bonds. The molecule has 2 aromatic rings. The highest BCUT2D eigenvalue weighted by atomic mass is 16.2. The van der Waals surface area contributed by atoms with Crippen LogP contribution in [0.2, 0.25) is 0 Å². The van der Waals surface area contributed by atoms with Gasteiger partial charge >= 0.3 is 0 Å². The van der Waals surface area contributed by atoms with Crippen LogP contribution in [0.1, 0.15) is 42.7 Å². The summed E-state index contributed by atoms with van der Waals surface area (Å²) in [5.41, 5.74) is 0.817. The van der Waals surface area contributed by atoms with Crippen LogP contribution in [0.25, 0.3) is 0 Å². The summed E-state index contributed by atoms with van der Waals surface area (Å²) in [4.78, 5) is 42.8. The van der Waals surface area contributed by atoms with Crippen LogP contribution < -0.4 is 5.32 Å². The Bertz CT molecular complexity index is 1150. The van der Waals surface area contributed by atoms with E-state index in [2.05, 4.69) is 16.5 Å². The van der Waals surface area contributed by atoms with Crippen molar-refractivity contribution in [1.29, 1.82) is 5.26 Å². The average Bonchev–Trinajstić information content (AvgIpc) is 3.47. The van der Waals surface area contributed by atoms with Crippen molar-refractivity contribution in [2.45, 2.75) is 44.2 Å².